The highest BCUT2D eigenvalue weighted by atomic mass is 15.3. The Balaban J connectivity index is 2.35. The number of aryl methyl sites for hydroxylation is 4. The van der Waals surface area contributed by atoms with Gasteiger partial charge in [-0.2, -0.15) is 5.10 Å². The average Bonchev–Trinajstić information content (AvgIpc) is 2.85. The second kappa shape index (κ2) is 6.85. The van der Waals surface area contributed by atoms with Crippen LogP contribution in [0.25, 0.3) is 0 Å². The van der Waals surface area contributed by atoms with E-state index in [1.54, 1.807) is 6.33 Å². The Morgan fingerprint density at radius 2 is 1.81 bits per heavy atom. The van der Waals surface area contributed by atoms with Gasteiger partial charge in [0.25, 0.3) is 0 Å². The number of hydrogen-bond donors (Lipinski definition) is 1. The first kappa shape index (κ1) is 15.7. The number of nitrogens with zero attached hydrogens (tertiary/aromatic N) is 3. The number of benzene rings is 1. The fourth-order valence-electron chi connectivity index (χ4n) is 3.16. The Hall–Kier alpha value is -1.68. The molecule has 4 heteroatoms. The molecule has 0 saturated heterocycles. The molecule has 0 radical (unpaired) electrons. The maximum absolute atomic E-state index is 4.42. The van der Waals surface area contributed by atoms with Crippen molar-refractivity contribution in [1.82, 2.24) is 20.1 Å². The van der Waals surface area contributed by atoms with E-state index in [2.05, 4.69) is 62.2 Å². The summed E-state index contributed by atoms with van der Waals surface area (Å²) in [5, 5.41) is 7.89. The number of rotatable bonds is 6. The molecule has 0 aliphatic heterocycles. The summed E-state index contributed by atoms with van der Waals surface area (Å²) in [6, 6.07) is 4.80. The third-order valence-corrected chi connectivity index (χ3v) is 3.92. The molecular weight excluding hydrogens is 260 g/mol. The van der Waals surface area contributed by atoms with E-state index in [0.717, 1.165) is 25.3 Å². The minimum absolute atomic E-state index is 0.282. The van der Waals surface area contributed by atoms with E-state index >= 15 is 0 Å². The molecule has 2 rings (SSSR count). The Kier molecular flexibility index (Phi) is 5.12. The van der Waals surface area contributed by atoms with Crippen molar-refractivity contribution in [3.63, 3.8) is 0 Å². The predicted molar refractivity (Wildman–Crippen MR) is 86.5 cm³/mol. The summed E-state index contributed by atoms with van der Waals surface area (Å²) in [7, 11) is 0. The molecule has 114 valence electrons. The van der Waals surface area contributed by atoms with E-state index in [-0.39, 0.29) is 6.04 Å². The number of nitrogens with one attached hydrogen (secondary N) is 1. The SMILES string of the molecule is CCNC(Cc1ncnn1CC)c1c(C)cc(C)cc1C. The molecule has 0 saturated carbocycles. The van der Waals surface area contributed by atoms with E-state index < -0.39 is 0 Å². The van der Waals surface area contributed by atoms with Crippen LogP contribution in [0.15, 0.2) is 18.5 Å². The van der Waals surface area contributed by atoms with Crippen LogP contribution < -0.4 is 5.32 Å². The van der Waals surface area contributed by atoms with Crippen molar-refractivity contribution in [2.24, 2.45) is 0 Å². The third kappa shape index (κ3) is 3.50. The van der Waals surface area contributed by atoms with Crippen molar-refractivity contribution < 1.29 is 0 Å². The Labute approximate surface area is 127 Å². The van der Waals surface area contributed by atoms with E-state index in [1.807, 2.05) is 4.68 Å². The van der Waals surface area contributed by atoms with Gasteiger partial charge >= 0.3 is 0 Å². The molecule has 1 N–H and O–H groups in total. The summed E-state index contributed by atoms with van der Waals surface area (Å²) in [6.45, 7) is 12.6. The highest BCUT2D eigenvalue weighted by molar-refractivity contribution is 5.40. The van der Waals surface area contributed by atoms with Gasteiger partial charge in [0.05, 0.1) is 0 Å². The van der Waals surface area contributed by atoms with Crippen molar-refractivity contribution in [3.8, 4) is 0 Å². The zero-order chi connectivity index (χ0) is 15.4. The Morgan fingerprint density at radius 3 is 2.38 bits per heavy atom. The third-order valence-electron chi connectivity index (χ3n) is 3.92. The fraction of sp³-hybridized carbons (Fsp3) is 0.529. The van der Waals surface area contributed by atoms with Crippen LogP contribution >= 0.6 is 0 Å². The molecule has 0 amide bonds. The summed E-state index contributed by atoms with van der Waals surface area (Å²) < 4.78 is 1.98. The normalized spacial score (nSPS) is 12.6. The van der Waals surface area contributed by atoms with Gasteiger partial charge in [0, 0.05) is 19.0 Å². The molecule has 1 unspecified atom stereocenters. The van der Waals surface area contributed by atoms with Gasteiger partial charge in [0.2, 0.25) is 0 Å². The molecule has 4 nitrogen and oxygen atoms in total. The highest BCUT2D eigenvalue weighted by Crippen LogP contribution is 2.26. The molecule has 1 aromatic carbocycles. The minimum atomic E-state index is 0.282. The molecule has 21 heavy (non-hydrogen) atoms. The van der Waals surface area contributed by atoms with E-state index in [1.165, 1.54) is 22.3 Å². The van der Waals surface area contributed by atoms with Crippen LogP contribution in [0.5, 0.6) is 0 Å². The van der Waals surface area contributed by atoms with E-state index in [0.29, 0.717) is 0 Å². The second-order valence-corrected chi connectivity index (χ2v) is 5.62. The van der Waals surface area contributed by atoms with Gasteiger partial charge in [-0.25, -0.2) is 4.98 Å². The van der Waals surface area contributed by atoms with Crippen LogP contribution in [0.3, 0.4) is 0 Å². The zero-order valence-corrected chi connectivity index (χ0v) is 13.8. The monoisotopic (exact) mass is 286 g/mol. The topological polar surface area (TPSA) is 42.7 Å². The molecule has 0 bridgehead atoms. The van der Waals surface area contributed by atoms with Crippen LogP contribution in [0.1, 0.15) is 48.0 Å². The van der Waals surface area contributed by atoms with Crippen molar-refractivity contribution in [2.45, 2.75) is 53.6 Å². The molecule has 0 fully saturated rings. The van der Waals surface area contributed by atoms with Crippen LogP contribution in [0.4, 0.5) is 0 Å². The molecule has 1 heterocycles. The number of aromatic nitrogens is 3. The Morgan fingerprint density at radius 1 is 1.14 bits per heavy atom. The number of likely N-dealkylation sites (N-methyl/N-ethyl adjacent to an activating group) is 1. The predicted octanol–water partition coefficient (Wildman–Crippen LogP) is 3.12. The maximum atomic E-state index is 4.42. The van der Waals surface area contributed by atoms with Crippen LogP contribution in [-0.2, 0) is 13.0 Å². The first-order chi connectivity index (χ1) is 10.1. The summed E-state index contributed by atoms with van der Waals surface area (Å²) in [5.41, 5.74) is 5.41. The maximum Gasteiger partial charge on any atom is 0.138 e. The zero-order valence-electron chi connectivity index (χ0n) is 13.8. The lowest BCUT2D eigenvalue weighted by Crippen LogP contribution is -2.26. The summed E-state index contributed by atoms with van der Waals surface area (Å²) in [4.78, 5) is 4.42. The lowest BCUT2D eigenvalue weighted by atomic mass is 9.92. The van der Waals surface area contributed by atoms with Crippen LogP contribution in [-0.4, -0.2) is 21.3 Å². The summed E-state index contributed by atoms with van der Waals surface area (Å²) in [5.74, 6) is 1.04. The first-order valence-corrected chi connectivity index (χ1v) is 7.74. The minimum Gasteiger partial charge on any atom is -0.310 e. The van der Waals surface area contributed by atoms with Crippen molar-refractivity contribution in [1.29, 1.82) is 0 Å². The summed E-state index contributed by atoms with van der Waals surface area (Å²) >= 11 is 0. The van der Waals surface area contributed by atoms with Crippen LogP contribution in [0, 0.1) is 20.8 Å². The molecule has 1 atom stereocenters. The van der Waals surface area contributed by atoms with Gasteiger partial charge in [-0.3, -0.25) is 4.68 Å². The van der Waals surface area contributed by atoms with E-state index in [4.69, 9.17) is 0 Å². The molecule has 0 aliphatic carbocycles. The highest BCUT2D eigenvalue weighted by Gasteiger charge is 2.18. The smallest absolute Gasteiger partial charge is 0.138 e. The fourth-order valence-corrected chi connectivity index (χ4v) is 3.16. The standard InChI is InChI=1S/C17H26N4/c1-6-18-15(10-16-19-11-20-21(16)7-2)17-13(4)8-12(3)9-14(17)5/h8-9,11,15,18H,6-7,10H2,1-5H3. The molecular formula is C17H26N4. The van der Waals surface area contributed by atoms with Crippen molar-refractivity contribution in [2.75, 3.05) is 6.54 Å². The van der Waals surface area contributed by atoms with Crippen LogP contribution in [0.2, 0.25) is 0 Å². The average molecular weight is 286 g/mol. The van der Waals surface area contributed by atoms with Gasteiger partial charge in [-0.15, -0.1) is 0 Å². The Bertz CT molecular complexity index is 578. The number of hydrogen-bond acceptors (Lipinski definition) is 3. The van der Waals surface area contributed by atoms with Gasteiger partial charge in [0.1, 0.15) is 12.2 Å². The van der Waals surface area contributed by atoms with Crippen molar-refractivity contribution >= 4 is 0 Å². The van der Waals surface area contributed by atoms with E-state index in [9.17, 15) is 0 Å². The van der Waals surface area contributed by atoms with Gasteiger partial charge in [-0.05, 0) is 50.9 Å². The lowest BCUT2D eigenvalue weighted by molar-refractivity contribution is 0.506. The van der Waals surface area contributed by atoms with Gasteiger partial charge in [-0.1, -0.05) is 24.6 Å². The second-order valence-electron chi connectivity index (χ2n) is 5.62. The molecule has 0 aliphatic rings. The molecule has 1 aromatic heterocycles. The van der Waals surface area contributed by atoms with Gasteiger partial charge < -0.3 is 5.32 Å². The summed E-state index contributed by atoms with van der Waals surface area (Å²) in [6.07, 6.45) is 2.52. The van der Waals surface area contributed by atoms with Gasteiger partial charge in [0.15, 0.2) is 0 Å². The molecule has 2 aromatic rings. The first-order valence-electron chi connectivity index (χ1n) is 7.74. The largest absolute Gasteiger partial charge is 0.310 e. The van der Waals surface area contributed by atoms with Crippen molar-refractivity contribution in [3.05, 3.63) is 46.5 Å². The molecule has 0 spiro atoms. The lowest BCUT2D eigenvalue weighted by Gasteiger charge is -2.23. The quantitative estimate of drug-likeness (QED) is 0.887.